The monoisotopic (exact) mass is 435 g/mol. The van der Waals surface area contributed by atoms with Crippen LogP contribution in [0.4, 0.5) is 13.2 Å². The van der Waals surface area contributed by atoms with E-state index in [0.29, 0.717) is 51.0 Å². The summed E-state index contributed by atoms with van der Waals surface area (Å²) in [4.78, 5) is 18.5. The van der Waals surface area contributed by atoms with E-state index >= 15 is 0 Å². The lowest BCUT2D eigenvalue weighted by molar-refractivity contribution is -0.136. The highest BCUT2D eigenvalue weighted by Crippen LogP contribution is 2.40. The van der Waals surface area contributed by atoms with Gasteiger partial charge in [0.2, 0.25) is 5.91 Å². The number of nitrogens with zero attached hydrogens (tertiary/aromatic N) is 5. The average Bonchev–Trinajstić information content (AvgIpc) is 3.36. The van der Waals surface area contributed by atoms with Crippen molar-refractivity contribution in [1.29, 1.82) is 0 Å². The van der Waals surface area contributed by atoms with Crippen LogP contribution in [-0.4, -0.2) is 43.8 Å². The molecule has 1 aliphatic heterocycles. The number of hydrogen-bond donors (Lipinski definition) is 0. The summed E-state index contributed by atoms with van der Waals surface area (Å²) >= 11 is 0. The van der Waals surface area contributed by atoms with Crippen molar-refractivity contribution < 1.29 is 22.5 Å². The maximum Gasteiger partial charge on any atom is 0.417 e. The molecule has 1 aliphatic rings. The smallest absolute Gasteiger partial charge is 0.343 e. The first-order valence-electron chi connectivity index (χ1n) is 10.4. The van der Waals surface area contributed by atoms with E-state index in [2.05, 4.69) is 15.2 Å². The van der Waals surface area contributed by atoms with E-state index in [0.717, 1.165) is 11.8 Å². The summed E-state index contributed by atoms with van der Waals surface area (Å²) in [6, 6.07) is 2.96. The molecule has 3 aromatic heterocycles. The van der Waals surface area contributed by atoms with E-state index in [-0.39, 0.29) is 28.6 Å². The second-order valence-corrected chi connectivity index (χ2v) is 7.89. The van der Waals surface area contributed by atoms with Gasteiger partial charge in [0.15, 0.2) is 0 Å². The number of pyridine rings is 1. The van der Waals surface area contributed by atoms with Crippen molar-refractivity contribution in [3.05, 3.63) is 41.0 Å². The number of halogens is 3. The fourth-order valence-corrected chi connectivity index (χ4v) is 4.07. The van der Waals surface area contributed by atoms with E-state index in [1.807, 2.05) is 19.2 Å². The van der Waals surface area contributed by atoms with Gasteiger partial charge >= 0.3 is 6.18 Å². The van der Waals surface area contributed by atoms with Crippen LogP contribution in [0, 0.1) is 6.92 Å². The fourth-order valence-electron chi connectivity index (χ4n) is 4.07. The van der Waals surface area contributed by atoms with Crippen LogP contribution < -0.4 is 0 Å². The summed E-state index contributed by atoms with van der Waals surface area (Å²) in [6.45, 7) is 5.07. The number of carbonyl (C=O) groups excluding carboxylic acids is 1. The minimum Gasteiger partial charge on any atom is -0.343 e. The number of likely N-dealkylation sites (tertiary alicyclic amines) is 1. The second kappa shape index (κ2) is 8.32. The molecule has 0 aromatic carbocycles. The molecule has 1 saturated heterocycles. The van der Waals surface area contributed by atoms with Gasteiger partial charge < -0.3 is 9.42 Å². The summed E-state index contributed by atoms with van der Waals surface area (Å²) < 4.78 is 48.0. The van der Waals surface area contributed by atoms with Crippen molar-refractivity contribution in [3.8, 4) is 0 Å². The Morgan fingerprint density at radius 2 is 2.03 bits per heavy atom. The third-order valence-corrected chi connectivity index (χ3v) is 5.76. The van der Waals surface area contributed by atoms with Gasteiger partial charge in [-0.25, -0.2) is 4.98 Å². The van der Waals surface area contributed by atoms with Gasteiger partial charge in [-0.2, -0.15) is 18.3 Å². The molecule has 10 heteroatoms. The van der Waals surface area contributed by atoms with E-state index in [1.165, 1.54) is 0 Å². The average molecular weight is 435 g/mol. The predicted octanol–water partition coefficient (Wildman–Crippen LogP) is 4.11. The lowest BCUT2D eigenvalue weighted by atomic mass is 9.90. The van der Waals surface area contributed by atoms with Crippen LogP contribution in [0.25, 0.3) is 11.1 Å². The molecule has 0 bridgehead atoms. The van der Waals surface area contributed by atoms with E-state index in [9.17, 15) is 18.0 Å². The number of carbonyl (C=O) groups is 1. The summed E-state index contributed by atoms with van der Waals surface area (Å²) in [5.41, 5.74) is 0.673. The molecule has 3 aromatic rings. The predicted molar refractivity (Wildman–Crippen MR) is 106 cm³/mol. The maximum absolute atomic E-state index is 13.7. The van der Waals surface area contributed by atoms with Crippen molar-refractivity contribution in [3.63, 3.8) is 0 Å². The zero-order chi connectivity index (χ0) is 22.2. The minimum absolute atomic E-state index is 0.0156. The Balaban J connectivity index is 1.47. The molecule has 0 saturated carbocycles. The van der Waals surface area contributed by atoms with E-state index in [1.54, 1.807) is 16.5 Å². The molecule has 4 rings (SSSR count). The van der Waals surface area contributed by atoms with Gasteiger partial charge in [-0.05, 0) is 38.3 Å². The first-order chi connectivity index (χ1) is 14.8. The number of hydrogen-bond acceptors (Lipinski definition) is 5. The standard InChI is InChI=1S/C21H24F3N5O2/c1-3-15-12-16(21(22,23)24)18-19(27-31-20(18)25-15)14-5-8-28(9-6-14)17(30)7-11-29-10-4-13(2)26-29/h4,10,12,14H,3,5-9,11H2,1-2H3. The molecular formula is C21H24F3N5O2. The zero-order valence-corrected chi connectivity index (χ0v) is 17.4. The molecule has 0 atom stereocenters. The lowest BCUT2D eigenvalue weighted by Crippen LogP contribution is -2.38. The van der Waals surface area contributed by atoms with Crippen LogP contribution in [0.2, 0.25) is 0 Å². The second-order valence-electron chi connectivity index (χ2n) is 7.89. The summed E-state index contributed by atoms with van der Waals surface area (Å²) in [7, 11) is 0. The highest BCUT2D eigenvalue weighted by atomic mass is 19.4. The van der Waals surface area contributed by atoms with Gasteiger partial charge in [0, 0.05) is 43.9 Å². The SMILES string of the molecule is CCc1cc(C(F)(F)F)c2c(C3CCN(C(=O)CCn4ccc(C)n4)CC3)noc2n1. The molecule has 0 spiro atoms. The molecule has 31 heavy (non-hydrogen) atoms. The quantitative estimate of drug-likeness (QED) is 0.603. The Kier molecular flexibility index (Phi) is 5.72. The van der Waals surface area contributed by atoms with Crippen molar-refractivity contribution in [2.75, 3.05) is 13.1 Å². The van der Waals surface area contributed by atoms with Crippen LogP contribution in [0.3, 0.4) is 0 Å². The number of rotatable bonds is 5. The third kappa shape index (κ3) is 4.42. The van der Waals surface area contributed by atoms with Gasteiger partial charge in [0.25, 0.3) is 5.71 Å². The molecule has 0 unspecified atom stereocenters. The molecule has 1 fully saturated rings. The molecular weight excluding hydrogens is 411 g/mol. The number of piperidine rings is 1. The number of amides is 1. The first-order valence-corrected chi connectivity index (χ1v) is 10.4. The topological polar surface area (TPSA) is 77.0 Å². The molecule has 1 amide bonds. The highest BCUT2D eigenvalue weighted by molar-refractivity contribution is 5.82. The van der Waals surface area contributed by atoms with Gasteiger partial charge in [-0.15, -0.1) is 0 Å². The number of aryl methyl sites for hydroxylation is 3. The van der Waals surface area contributed by atoms with Crippen LogP contribution >= 0.6 is 0 Å². The van der Waals surface area contributed by atoms with Crippen LogP contribution in [0.5, 0.6) is 0 Å². The van der Waals surface area contributed by atoms with Gasteiger partial charge in [-0.3, -0.25) is 9.48 Å². The van der Waals surface area contributed by atoms with Crippen molar-refractivity contribution in [2.24, 2.45) is 0 Å². The van der Waals surface area contributed by atoms with Crippen LogP contribution in [0.1, 0.15) is 54.7 Å². The Morgan fingerprint density at radius 1 is 1.29 bits per heavy atom. The Morgan fingerprint density at radius 3 is 2.65 bits per heavy atom. The highest BCUT2D eigenvalue weighted by Gasteiger charge is 2.38. The van der Waals surface area contributed by atoms with Crippen molar-refractivity contribution in [2.45, 2.75) is 58.2 Å². The van der Waals surface area contributed by atoms with Gasteiger partial charge in [0.05, 0.1) is 22.3 Å². The van der Waals surface area contributed by atoms with Gasteiger partial charge in [0.1, 0.15) is 0 Å². The summed E-state index contributed by atoms with van der Waals surface area (Å²) in [5, 5.41) is 8.18. The Labute approximate surface area is 177 Å². The number of fused-ring (bicyclic) bond motifs is 1. The molecule has 7 nitrogen and oxygen atoms in total. The summed E-state index contributed by atoms with van der Waals surface area (Å²) in [5.74, 6) is -0.198. The Bertz CT molecular complexity index is 1080. The molecule has 0 N–H and O–H groups in total. The van der Waals surface area contributed by atoms with Crippen LogP contribution in [0.15, 0.2) is 22.9 Å². The summed E-state index contributed by atoms with van der Waals surface area (Å²) in [6.07, 6.45) is -0.926. The normalized spacial score (nSPS) is 15.7. The lowest BCUT2D eigenvalue weighted by Gasteiger charge is -2.31. The van der Waals surface area contributed by atoms with Crippen molar-refractivity contribution in [1.82, 2.24) is 24.8 Å². The zero-order valence-electron chi connectivity index (χ0n) is 17.4. The van der Waals surface area contributed by atoms with Gasteiger partial charge in [-0.1, -0.05) is 12.1 Å². The first kappa shape index (κ1) is 21.3. The largest absolute Gasteiger partial charge is 0.417 e. The molecule has 166 valence electrons. The molecule has 0 radical (unpaired) electrons. The van der Waals surface area contributed by atoms with E-state index in [4.69, 9.17) is 4.52 Å². The fraction of sp³-hybridized carbons (Fsp3) is 0.524. The number of aromatic nitrogens is 4. The van der Waals surface area contributed by atoms with Crippen molar-refractivity contribution >= 4 is 17.0 Å². The maximum atomic E-state index is 13.7. The third-order valence-electron chi connectivity index (χ3n) is 5.76. The number of alkyl halides is 3. The minimum atomic E-state index is -4.52. The Hall–Kier alpha value is -2.91. The van der Waals surface area contributed by atoms with E-state index < -0.39 is 11.7 Å². The van der Waals surface area contributed by atoms with Crippen LogP contribution in [-0.2, 0) is 23.9 Å². The molecule has 0 aliphatic carbocycles. The molecule has 4 heterocycles.